The predicted molar refractivity (Wildman–Crippen MR) is 110 cm³/mol. The molecule has 1 unspecified atom stereocenters. The van der Waals surface area contributed by atoms with Crippen LogP contribution in [-0.2, 0) is 0 Å². The van der Waals surface area contributed by atoms with E-state index in [4.69, 9.17) is 15.2 Å². The number of hydrogen-bond acceptors (Lipinski definition) is 6. The highest BCUT2D eigenvalue weighted by molar-refractivity contribution is 5.60. The lowest BCUT2D eigenvalue weighted by atomic mass is 9.54. The van der Waals surface area contributed by atoms with Gasteiger partial charge in [-0.05, 0) is 53.4 Å². The minimum atomic E-state index is -1.62. The zero-order valence-electron chi connectivity index (χ0n) is 17.4. The van der Waals surface area contributed by atoms with Crippen molar-refractivity contribution in [1.29, 1.82) is 15.8 Å². The summed E-state index contributed by atoms with van der Waals surface area (Å²) >= 11 is 0. The fourth-order valence-corrected chi connectivity index (χ4v) is 5.08. The Labute approximate surface area is 176 Å². The maximum atomic E-state index is 10.2. The molecule has 0 fully saturated rings. The molecule has 2 aliphatic carbocycles. The summed E-state index contributed by atoms with van der Waals surface area (Å²) < 4.78 is 11.0. The van der Waals surface area contributed by atoms with Crippen molar-refractivity contribution in [2.75, 3.05) is 6.79 Å². The molecule has 30 heavy (non-hydrogen) atoms. The predicted octanol–water partition coefficient (Wildman–Crippen LogP) is 4.28. The van der Waals surface area contributed by atoms with Gasteiger partial charge in [0.15, 0.2) is 16.9 Å². The topological polar surface area (TPSA) is 116 Å². The van der Waals surface area contributed by atoms with E-state index < -0.39 is 11.3 Å². The van der Waals surface area contributed by atoms with Gasteiger partial charge in [0.05, 0.1) is 23.4 Å². The summed E-state index contributed by atoms with van der Waals surface area (Å²) in [7, 11) is 0. The van der Waals surface area contributed by atoms with Crippen molar-refractivity contribution in [3.63, 3.8) is 0 Å². The van der Waals surface area contributed by atoms with Gasteiger partial charge in [0.25, 0.3) is 0 Å². The molecule has 1 aromatic rings. The molecule has 2 N–H and O–H groups in total. The molecule has 4 rings (SSSR count). The van der Waals surface area contributed by atoms with Crippen molar-refractivity contribution >= 4 is 0 Å². The molecule has 6 heteroatoms. The lowest BCUT2D eigenvalue weighted by molar-refractivity contribution is 0.169. The molecule has 1 aliphatic heterocycles. The van der Waals surface area contributed by atoms with E-state index in [1.54, 1.807) is 0 Å². The van der Waals surface area contributed by atoms with Gasteiger partial charge in [-0.25, -0.2) is 0 Å². The van der Waals surface area contributed by atoms with Crippen LogP contribution in [0.4, 0.5) is 0 Å². The zero-order valence-corrected chi connectivity index (χ0v) is 17.4. The van der Waals surface area contributed by atoms with Gasteiger partial charge >= 0.3 is 0 Å². The summed E-state index contributed by atoms with van der Waals surface area (Å²) in [4.78, 5) is 0. The van der Waals surface area contributed by atoms with Crippen molar-refractivity contribution in [3.05, 3.63) is 46.7 Å². The molecule has 0 saturated carbocycles. The Morgan fingerprint density at radius 3 is 2.43 bits per heavy atom. The number of nitrogens with two attached hydrogens (primary N) is 1. The Balaban J connectivity index is 1.95. The first kappa shape index (κ1) is 19.9. The second-order valence-electron chi connectivity index (χ2n) is 9.32. The first-order valence-corrected chi connectivity index (χ1v) is 10.1. The van der Waals surface area contributed by atoms with E-state index in [1.165, 1.54) is 0 Å². The summed E-state index contributed by atoms with van der Waals surface area (Å²) in [5.41, 5.74) is 6.80. The number of nitrogens with zero attached hydrogens (tertiary/aromatic N) is 3. The maximum absolute atomic E-state index is 10.2. The van der Waals surface area contributed by atoms with E-state index in [2.05, 4.69) is 45.1 Å². The number of nitriles is 3. The van der Waals surface area contributed by atoms with Crippen LogP contribution >= 0.6 is 0 Å². The van der Waals surface area contributed by atoms with Crippen molar-refractivity contribution < 1.29 is 9.47 Å². The molecule has 3 atom stereocenters. The number of fused-ring (bicyclic) bond motifs is 2. The number of ether oxygens (including phenoxy) is 2. The molecule has 0 radical (unpaired) electrons. The highest BCUT2D eigenvalue weighted by Crippen LogP contribution is 2.58. The average molecular weight is 400 g/mol. The van der Waals surface area contributed by atoms with Crippen LogP contribution in [-0.4, -0.2) is 6.79 Å². The molecule has 1 aromatic carbocycles. The van der Waals surface area contributed by atoms with Crippen LogP contribution in [0.5, 0.6) is 11.5 Å². The normalized spacial score (nSPS) is 26.7. The summed E-state index contributed by atoms with van der Waals surface area (Å²) in [6.45, 7) is 6.75. The van der Waals surface area contributed by atoms with Crippen LogP contribution in [0.3, 0.4) is 0 Å². The monoisotopic (exact) mass is 400 g/mol. The van der Waals surface area contributed by atoms with Crippen LogP contribution in [0.2, 0.25) is 0 Å². The lowest BCUT2D eigenvalue weighted by Crippen LogP contribution is -2.44. The zero-order chi connectivity index (χ0) is 21.7. The second-order valence-corrected chi connectivity index (χ2v) is 9.32. The standard InChI is InChI=1S/C24H24N4O2/c1-23(2,3)15-5-6-16-17(9-15)21(14-4-7-19-20(8-14)30-13-29-19)24(11-26,12-27)22(28)18(16)10-25/h4,6-8,15,17,21H,5,9,13,28H2,1-3H3/t15?,17-,21+/m1/s1. The van der Waals surface area contributed by atoms with E-state index in [9.17, 15) is 15.8 Å². The van der Waals surface area contributed by atoms with Crippen molar-refractivity contribution in [2.24, 2.45) is 28.4 Å². The molecule has 6 nitrogen and oxygen atoms in total. The highest BCUT2D eigenvalue weighted by atomic mass is 16.7. The Bertz CT molecular complexity index is 1070. The average Bonchev–Trinajstić information content (AvgIpc) is 3.20. The van der Waals surface area contributed by atoms with E-state index in [0.29, 0.717) is 17.4 Å². The number of benzene rings is 1. The summed E-state index contributed by atoms with van der Waals surface area (Å²) in [5.74, 6) is 0.930. The summed E-state index contributed by atoms with van der Waals surface area (Å²) in [6.07, 6.45) is 3.71. The SMILES string of the molecule is CC(C)(C)C1CC=C2C(C#N)=C(N)C(C#N)(C#N)[C@@H](c3ccc4c(c3)OCO4)[C@@H]2C1. The molecule has 0 bridgehead atoms. The molecule has 0 spiro atoms. The Morgan fingerprint density at radius 1 is 1.10 bits per heavy atom. The molecule has 152 valence electrons. The lowest BCUT2D eigenvalue weighted by Gasteiger charge is -2.47. The van der Waals surface area contributed by atoms with E-state index in [0.717, 1.165) is 24.0 Å². The van der Waals surface area contributed by atoms with Crippen molar-refractivity contribution in [3.8, 4) is 29.7 Å². The maximum Gasteiger partial charge on any atom is 0.231 e. The van der Waals surface area contributed by atoms with Gasteiger partial charge in [-0.15, -0.1) is 0 Å². The van der Waals surface area contributed by atoms with Gasteiger partial charge in [-0.2, -0.15) is 15.8 Å². The van der Waals surface area contributed by atoms with Crippen molar-refractivity contribution in [1.82, 2.24) is 0 Å². The van der Waals surface area contributed by atoms with E-state index in [-0.39, 0.29) is 29.4 Å². The molecule has 0 aromatic heterocycles. The fraction of sp³-hybridized carbons (Fsp3) is 0.458. The first-order valence-electron chi connectivity index (χ1n) is 10.1. The smallest absolute Gasteiger partial charge is 0.231 e. The quantitative estimate of drug-likeness (QED) is 0.752. The van der Waals surface area contributed by atoms with Gasteiger partial charge < -0.3 is 15.2 Å². The highest BCUT2D eigenvalue weighted by Gasteiger charge is 2.55. The molecule has 3 aliphatic rings. The van der Waals surface area contributed by atoms with Gasteiger partial charge in [0, 0.05) is 5.92 Å². The first-order chi connectivity index (χ1) is 14.3. The number of allylic oxidation sites excluding steroid dienone is 4. The fourth-order valence-electron chi connectivity index (χ4n) is 5.08. The van der Waals surface area contributed by atoms with Gasteiger partial charge in [0.1, 0.15) is 6.07 Å². The molecule has 1 heterocycles. The minimum absolute atomic E-state index is 0.0503. The van der Waals surface area contributed by atoms with Crippen LogP contribution in [0, 0.1) is 56.7 Å². The van der Waals surface area contributed by atoms with Crippen LogP contribution in [0.1, 0.15) is 45.1 Å². The van der Waals surface area contributed by atoms with Gasteiger partial charge in [-0.3, -0.25) is 0 Å². The third-order valence-electron chi connectivity index (χ3n) is 6.86. The van der Waals surface area contributed by atoms with Crippen molar-refractivity contribution in [2.45, 2.75) is 39.5 Å². The van der Waals surface area contributed by atoms with E-state index >= 15 is 0 Å². The van der Waals surface area contributed by atoms with Crippen LogP contribution in [0.25, 0.3) is 0 Å². The third kappa shape index (κ3) is 2.74. The second kappa shape index (κ2) is 6.82. The number of rotatable bonds is 1. The van der Waals surface area contributed by atoms with Crippen LogP contribution in [0.15, 0.2) is 41.1 Å². The molecular formula is C24H24N4O2. The Morgan fingerprint density at radius 2 is 1.80 bits per heavy atom. The third-order valence-corrected chi connectivity index (χ3v) is 6.86. The van der Waals surface area contributed by atoms with Crippen LogP contribution < -0.4 is 15.2 Å². The Kier molecular flexibility index (Phi) is 4.52. The molecule has 0 saturated heterocycles. The number of hydrogen-bond donors (Lipinski definition) is 1. The van der Waals surface area contributed by atoms with Gasteiger partial charge in [0.2, 0.25) is 6.79 Å². The van der Waals surface area contributed by atoms with E-state index in [1.807, 2.05) is 18.2 Å². The summed E-state index contributed by atoms with van der Waals surface area (Å²) in [5, 5.41) is 30.2. The molecular weight excluding hydrogens is 376 g/mol. The van der Waals surface area contributed by atoms with Gasteiger partial charge in [-0.1, -0.05) is 32.9 Å². The summed E-state index contributed by atoms with van der Waals surface area (Å²) in [6, 6.07) is 12.1. The Hall–Kier alpha value is -3.43. The minimum Gasteiger partial charge on any atom is -0.454 e. The largest absolute Gasteiger partial charge is 0.454 e. The molecule has 0 amide bonds.